The van der Waals surface area contributed by atoms with Gasteiger partial charge in [0, 0.05) is 0 Å². The molecule has 0 spiro atoms. The first-order valence-corrected chi connectivity index (χ1v) is 10.2. The lowest BCUT2D eigenvalue weighted by Crippen LogP contribution is -2.58. The molecule has 0 rings (SSSR count). The summed E-state index contributed by atoms with van der Waals surface area (Å²) in [6, 6.07) is -5.47. The second kappa shape index (κ2) is 13.4. The number of carboxylic acids is 2. The molecule has 0 aromatic heterocycles. The second-order valence-electron chi connectivity index (χ2n) is 6.36. The number of carboxylic acid groups (broad SMARTS) is 2. The number of amides is 4. The van der Waals surface area contributed by atoms with Crippen LogP contribution in [-0.2, 0) is 28.8 Å². The number of hydrogen-bond acceptors (Lipinski definition) is 8. The van der Waals surface area contributed by atoms with Crippen molar-refractivity contribution < 1.29 is 39.0 Å². The van der Waals surface area contributed by atoms with Gasteiger partial charge in [0.05, 0.1) is 18.9 Å². The average Bonchev–Trinajstić information content (AvgIpc) is 2.62. The number of rotatable bonds is 14. The van der Waals surface area contributed by atoms with Crippen molar-refractivity contribution in [1.29, 1.82) is 0 Å². The van der Waals surface area contributed by atoms with Crippen LogP contribution >= 0.6 is 11.8 Å². The lowest BCUT2D eigenvalue weighted by Gasteiger charge is -2.23. The fourth-order valence-corrected chi connectivity index (χ4v) is 2.61. The summed E-state index contributed by atoms with van der Waals surface area (Å²) in [6.07, 6.45) is 0.343. The summed E-state index contributed by atoms with van der Waals surface area (Å²) in [5.74, 6) is -6.16. The van der Waals surface area contributed by atoms with Gasteiger partial charge >= 0.3 is 11.9 Å². The van der Waals surface area contributed by atoms with E-state index in [0.717, 1.165) is 0 Å². The maximum absolute atomic E-state index is 12.4. The van der Waals surface area contributed by atoms with Gasteiger partial charge in [-0.25, -0.2) is 4.79 Å². The second-order valence-corrected chi connectivity index (χ2v) is 7.35. The quantitative estimate of drug-likeness (QED) is 0.142. The lowest BCUT2D eigenvalue weighted by atomic mass is 10.1. The number of primary amides is 1. The van der Waals surface area contributed by atoms with Gasteiger partial charge < -0.3 is 37.6 Å². The monoisotopic (exact) mass is 449 g/mol. The van der Waals surface area contributed by atoms with Crippen molar-refractivity contribution in [2.45, 2.75) is 50.4 Å². The van der Waals surface area contributed by atoms with Crippen molar-refractivity contribution in [3.05, 3.63) is 0 Å². The summed E-state index contributed by atoms with van der Waals surface area (Å²) in [6.45, 7) is 1.31. The van der Waals surface area contributed by atoms with Crippen LogP contribution in [0.25, 0.3) is 0 Å². The molecule has 0 aromatic carbocycles. The van der Waals surface area contributed by atoms with Gasteiger partial charge in [-0.1, -0.05) is 0 Å². The molecular formula is C16H27N5O8S. The summed E-state index contributed by atoms with van der Waals surface area (Å²) in [7, 11) is 0. The Bertz CT molecular complexity index is 672. The Balaban J connectivity index is 5.42. The lowest BCUT2D eigenvalue weighted by molar-refractivity contribution is -0.143. The topological polar surface area (TPSA) is 231 Å². The fraction of sp³-hybridized carbons (Fsp3) is 0.625. The van der Waals surface area contributed by atoms with Gasteiger partial charge in [0.15, 0.2) is 0 Å². The SMILES string of the molecule is CSCCC(NC(=O)C(CC(N)=O)NC(=O)C(CC(=O)O)NC(=O)C(C)N)C(=O)O. The van der Waals surface area contributed by atoms with Crippen molar-refractivity contribution in [2.24, 2.45) is 11.5 Å². The van der Waals surface area contributed by atoms with Crippen molar-refractivity contribution in [2.75, 3.05) is 12.0 Å². The number of thioether (sulfide) groups is 1. The van der Waals surface area contributed by atoms with Crippen molar-refractivity contribution >= 4 is 47.3 Å². The van der Waals surface area contributed by atoms with E-state index in [4.69, 9.17) is 16.6 Å². The molecule has 0 fully saturated rings. The summed E-state index contributed by atoms with van der Waals surface area (Å²) in [5, 5.41) is 24.6. The van der Waals surface area contributed by atoms with Crippen LogP contribution in [0.3, 0.4) is 0 Å². The normalized spacial score (nSPS) is 14.5. The maximum Gasteiger partial charge on any atom is 0.326 e. The van der Waals surface area contributed by atoms with Crippen LogP contribution in [0.2, 0.25) is 0 Å². The van der Waals surface area contributed by atoms with Gasteiger partial charge in [0.2, 0.25) is 23.6 Å². The number of aliphatic carboxylic acids is 2. The molecule has 0 saturated heterocycles. The third kappa shape index (κ3) is 10.6. The van der Waals surface area contributed by atoms with Gasteiger partial charge in [-0.05, 0) is 25.4 Å². The fourth-order valence-electron chi connectivity index (χ4n) is 2.14. The Labute approximate surface area is 176 Å². The molecule has 9 N–H and O–H groups in total. The molecule has 0 heterocycles. The van der Waals surface area contributed by atoms with Crippen LogP contribution in [0.4, 0.5) is 0 Å². The zero-order chi connectivity index (χ0) is 23.4. The van der Waals surface area contributed by atoms with Crippen LogP contribution in [-0.4, -0.2) is 82.0 Å². The smallest absolute Gasteiger partial charge is 0.326 e. The minimum absolute atomic E-state index is 0.0889. The van der Waals surface area contributed by atoms with E-state index in [-0.39, 0.29) is 6.42 Å². The Morgan fingerprint density at radius 2 is 1.33 bits per heavy atom. The molecule has 4 unspecified atom stereocenters. The van der Waals surface area contributed by atoms with Gasteiger partial charge in [0.25, 0.3) is 0 Å². The Morgan fingerprint density at radius 3 is 1.73 bits per heavy atom. The highest BCUT2D eigenvalue weighted by molar-refractivity contribution is 7.98. The van der Waals surface area contributed by atoms with Crippen molar-refractivity contribution in [3.63, 3.8) is 0 Å². The standard InChI is InChI=1S/C16H27N5O8S/c1-7(17)13(25)20-10(6-12(23)24)15(27)21-9(5-11(18)22)14(26)19-8(16(28)29)3-4-30-2/h7-10H,3-6,17H2,1-2H3,(H2,18,22)(H,19,26)(H,20,25)(H,21,27)(H,23,24)(H,28,29). The molecule has 170 valence electrons. The molecule has 30 heavy (non-hydrogen) atoms. The molecule has 0 aliphatic heterocycles. The molecule has 13 nitrogen and oxygen atoms in total. The number of hydrogen-bond donors (Lipinski definition) is 7. The van der Waals surface area contributed by atoms with E-state index in [9.17, 15) is 33.9 Å². The molecule has 4 atom stereocenters. The van der Waals surface area contributed by atoms with E-state index < -0.39 is 72.6 Å². The molecular weight excluding hydrogens is 422 g/mol. The van der Waals surface area contributed by atoms with E-state index in [1.165, 1.54) is 18.7 Å². The zero-order valence-electron chi connectivity index (χ0n) is 16.5. The van der Waals surface area contributed by atoms with E-state index in [1.807, 2.05) is 0 Å². The molecule has 4 amide bonds. The zero-order valence-corrected chi connectivity index (χ0v) is 17.4. The van der Waals surface area contributed by atoms with Crippen molar-refractivity contribution in [1.82, 2.24) is 16.0 Å². The van der Waals surface area contributed by atoms with E-state index in [0.29, 0.717) is 5.75 Å². The van der Waals surface area contributed by atoms with E-state index >= 15 is 0 Å². The first-order valence-electron chi connectivity index (χ1n) is 8.77. The molecule has 0 aromatic rings. The number of nitrogens with one attached hydrogen (secondary N) is 3. The number of carbonyl (C=O) groups excluding carboxylic acids is 4. The Hall–Kier alpha value is -2.87. The summed E-state index contributed by atoms with van der Waals surface area (Å²) < 4.78 is 0. The maximum atomic E-state index is 12.4. The van der Waals surface area contributed by atoms with Crippen LogP contribution < -0.4 is 27.4 Å². The molecule has 0 aliphatic rings. The largest absolute Gasteiger partial charge is 0.481 e. The third-order valence-corrected chi connectivity index (χ3v) is 4.33. The summed E-state index contributed by atoms with van der Waals surface area (Å²) in [4.78, 5) is 70.2. The van der Waals surface area contributed by atoms with Gasteiger partial charge in [0.1, 0.15) is 18.1 Å². The third-order valence-electron chi connectivity index (χ3n) is 3.69. The summed E-state index contributed by atoms with van der Waals surface area (Å²) in [5.41, 5.74) is 10.5. The molecule has 0 aliphatic carbocycles. The Kier molecular flexibility index (Phi) is 12.1. The molecule has 0 bridgehead atoms. The van der Waals surface area contributed by atoms with Gasteiger partial charge in [-0.2, -0.15) is 11.8 Å². The van der Waals surface area contributed by atoms with E-state index in [1.54, 1.807) is 6.26 Å². The van der Waals surface area contributed by atoms with Gasteiger partial charge in [-0.3, -0.25) is 24.0 Å². The first kappa shape index (κ1) is 27.1. The van der Waals surface area contributed by atoms with Crippen molar-refractivity contribution in [3.8, 4) is 0 Å². The Morgan fingerprint density at radius 1 is 0.867 bits per heavy atom. The predicted molar refractivity (Wildman–Crippen MR) is 106 cm³/mol. The molecule has 0 saturated carbocycles. The highest BCUT2D eigenvalue weighted by atomic mass is 32.2. The number of carbonyl (C=O) groups is 6. The van der Waals surface area contributed by atoms with Crippen LogP contribution in [0.5, 0.6) is 0 Å². The predicted octanol–water partition coefficient (Wildman–Crippen LogP) is -3.02. The van der Waals surface area contributed by atoms with Crippen LogP contribution in [0.1, 0.15) is 26.2 Å². The minimum Gasteiger partial charge on any atom is -0.481 e. The van der Waals surface area contributed by atoms with Crippen LogP contribution in [0, 0.1) is 0 Å². The average molecular weight is 449 g/mol. The first-order chi connectivity index (χ1) is 13.9. The van der Waals surface area contributed by atoms with E-state index in [2.05, 4.69) is 16.0 Å². The van der Waals surface area contributed by atoms with Gasteiger partial charge in [-0.15, -0.1) is 0 Å². The summed E-state index contributed by atoms with van der Waals surface area (Å²) >= 11 is 1.36. The highest BCUT2D eigenvalue weighted by Gasteiger charge is 2.31. The molecule has 14 heteroatoms. The minimum atomic E-state index is -1.59. The van der Waals surface area contributed by atoms with Crippen LogP contribution in [0.15, 0.2) is 0 Å². The number of nitrogens with two attached hydrogens (primary N) is 2. The molecule has 0 radical (unpaired) electrons. The highest BCUT2D eigenvalue weighted by Crippen LogP contribution is 2.04.